The highest BCUT2D eigenvalue weighted by Gasteiger charge is 2.37. The number of benzene rings is 4. The van der Waals surface area contributed by atoms with Crippen molar-refractivity contribution in [1.29, 1.82) is 0 Å². The standard InChI is InChI=1S/C37H38N2O2/c1-36(2)20-32(38-28-15-13-24-9-5-7-11-26(24)17-28)30(34(40)22-36)19-31-33(21-37(3,4)23-35(31)41)39-29-16-14-25-10-6-8-12-27(25)18-29/h5-18,38-39H,19-23H2,1-4H3. The Balaban J connectivity index is 1.40. The minimum Gasteiger partial charge on any atom is -0.359 e. The molecule has 0 radical (unpaired) electrons. The zero-order valence-corrected chi connectivity index (χ0v) is 24.4. The van der Waals surface area contributed by atoms with Crippen LogP contribution in [-0.4, -0.2) is 11.6 Å². The fraction of sp³-hybridized carbons (Fsp3) is 0.297. The lowest BCUT2D eigenvalue weighted by Gasteiger charge is -2.35. The van der Waals surface area contributed by atoms with Crippen molar-refractivity contribution in [3.63, 3.8) is 0 Å². The van der Waals surface area contributed by atoms with Gasteiger partial charge in [-0.15, -0.1) is 0 Å². The molecule has 0 atom stereocenters. The molecule has 4 heteroatoms. The fourth-order valence-corrected chi connectivity index (χ4v) is 6.42. The van der Waals surface area contributed by atoms with Crippen LogP contribution in [0.4, 0.5) is 11.4 Å². The predicted molar refractivity (Wildman–Crippen MR) is 170 cm³/mol. The van der Waals surface area contributed by atoms with E-state index < -0.39 is 0 Å². The van der Waals surface area contributed by atoms with E-state index in [0.29, 0.717) is 19.3 Å². The van der Waals surface area contributed by atoms with Crippen LogP contribution in [0.5, 0.6) is 0 Å². The van der Waals surface area contributed by atoms with E-state index in [9.17, 15) is 9.59 Å². The maximum atomic E-state index is 13.7. The highest BCUT2D eigenvalue weighted by atomic mass is 16.1. The third kappa shape index (κ3) is 5.83. The second-order valence-corrected chi connectivity index (χ2v) is 13.3. The smallest absolute Gasteiger partial charge is 0.161 e. The van der Waals surface area contributed by atoms with Crippen LogP contribution in [0.3, 0.4) is 0 Å². The van der Waals surface area contributed by atoms with Crippen LogP contribution in [0.15, 0.2) is 107 Å². The zero-order chi connectivity index (χ0) is 28.8. The molecule has 0 heterocycles. The molecule has 4 nitrogen and oxygen atoms in total. The third-order valence-corrected chi connectivity index (χ3v) is 8.43. The summed E-state index contributed by atoms with van der Waals surface area (Å²) in [5.41, 5.74) is 4.94. The van der Waals surface area contributed by atoms with E-state index >= 15 is 0 Å². The molecule has 0 saturated heterocycles. The van der Waals surface area contributed by atoms with Gasteiger partial charge in [-0.05, 0) is 69.5 Å². The molecule has 4 aromatic carbocycles. The molecule has 2 N–H and O–H groups in total. The summed E-state index contributed by atoms with van der Waals surface area (Å²) in [6.07, 6.45) is 2.80. The van der Waals surface area contributed by atoms with E-state index in [0.717, 1.165) is 57.5 Å². The molecule has 0 bridgehead atoms. The maximum absolute atomic E-state index is 13.7. The number of carbonyl (C=O) groups excluding carboxylic acids is 2. The SMILES string of the molecule is CC1(C)CC(=O)C(CC2=C(Nc3ccc4ccccc4c3)CC(C)(C)CC2=O)=C(Nc2ccc3ccccc3c2)C1. The van der Waals surface area contributed by atoms with Gasteiger partial charge in [0.1, 0.15) is 0 Å². The zero-order valence-electron chi connectivity index (χ0n) is 24.4. The Morgan fingerprint density at radius 2 is 0.927 bits per heavy atom. The summed E-state index contributed by atoms with van der Waals surface area (Å²) >= 11 is 0. The molecular formula is C37H38N2O2. The van der Waals surface area contributed by atoms with Crippen LogP contribution < -0.4 is 10.6 Å². The van der Waals surface area contributed by atoms with Crippen molar-refractivity contribution in [3.05, 3.63) is 107 Å². The Bertz CT molecular complexity index is 1630. The number of Topliss-reactive ketones (excluding diaryl/α,β-unsaturated/α-hetero) is 2. The van der Waals surface area contributed by atoms with E-state index in [-0.39, 0.29) is 22.4 Å². The van der Waals surface area contributed by atoms with Gasteiger partial charge in [0.25, 0.3) is 0 Å². The Hall–Kier alpha value is -4.18. The lowest BCUT2D eigenvalue weighted by atomic mass is 9.71. The molecule has 2 aliphatic rings. The first kappa shape index (κ1) is 27.0. The van der Waals surface area contributed by atoms with E-state index in [4.69, 9.17) is 0 Å². The van der Waals surface area contributed by atoms with Crippen molar-refractivity contribution in [1.82, 2.24) is 0 Å². The van der Waals surface area contributed by atoms with Crippen LogP contribution in [0.25, 0.3) is 21.5 Å². The lowest BCUT2D eigenvalue weighted by Crippen LogP contribution is -2.32. The summed E-state index contributed by atoms with van der Waals surface area (Å²) in [5.74, 6) is 0.249. The van der Waals surface area contributed by atoms with Crippen LogP contribution in [0, 0.1) is 10.8 Å². The normalized spacial score (nSPS) is 18.7. The summed E-state index contributed by atoms with van der Waals surface area (Å²) in [5, 5.41) is 11.9. The minimum absolute atomic E-state index is 0.125. The van der Waals surface area contributed by atoms with Gasteiger partial charge in [0, 0.05) is 53.2 Å². The highest BCUT2D eigenvalue weighted by Crippen LogP contribution is 2.43. The molecule has 2 aliphatic carbocycles. The Morgan fingerprint density at radius 1 is 0.537 bits per heavy atom. The molecule has 41 heavy (non-hydrogen) atoms. The first-order chi connectivity index (χ1) is 19.6. The first-order valence-electron chi connectivity index (χ1n) is 14.6. The average molecular weight is 543 g/mol. The van der Waals surface area contributed by atoms with Gasteiger partial charge < -0.3 is 10.6 Å². The number of nitrogens with one attached hydrogen (secondary N) is 2. The second kappa shape index (κ2) is 10.3. The van der Waals surface area contributed by atoms with Crippen molar-refractivity contribution in [2.75, 3.05) is 10.6 Å². The number of hydrogen-bond donors (Lipinski definition) is 2. The van der Waals surface area contributed by atoms with E-state index in [1.54, 1.807) is 0 Å². The molecule has 0 aromatic heterocycles. The van der Waals surface area contributed by atoms with Crippen LogP contribution in [0.2, 0.25) is 0 Å². The van der Waals surface area contributed by atoms with Gasteiger partial charge in [-0.2, -0.15) is 0 Å². The van der Waals surface area contributed by atoms with Crippen LogP contribution >= 0.6 is 0 Å². The molecule has 4 aromatic rings. The van der Waals surface area contributed by atoms with E-state index in [1.165, 1.54) is 10.8 Å². The largest absolute Gasteiger partial charge is 0.359 e. The molecular weight excluding hydrogens is 504 g/mol. The number of carbonyl (C=O) groups is 2. The van der Waals surface area contributed by atoms with Crippen molar-refractivity contribution >= 4 is 44.5 Å². The maximum Gasteiger partial charge on any atom is 0.161 e. The monoisotopic (exact) mass is 542 g/mol. The predicted octanol–water partition coefficient (Wildman–Crippen LogP) is 9.19. The number of ketones is 2. The second-order valence-electron chi connectivity index (χ2n) is 13.3. The van der Waals surface area contributed by atoms with Crippen molar-refractivity contribution in [3.8, 4) is 0 Å². The number of allylic oxidation sites excluding steroid dienone is 4. The number of fused-ring (bicyclic) bond motifs is 2. The van der Waals surface area contributed by atoms with E-state index in [1.807, 2.05) is 24.3 Å². The third-order valence-electron chi connectivity index (χ3n) is 8.43. The molecule has 0 spiro atoms. The van der Waals surface area contributed by atoms with Crippen molar-refractivity contribution in [2.45, 2.75) is 59.8 Å². The van der Waals surface area contributed by atoms with Crippen molar-refractivity contribution < 1.29 is 9.59 Å². The first-order valence-corrected chi connectivity index (χ1v) is 14.6. The van der Waals surface area contributed by atoms with Crippen molar-refractivity contribution in [2.24, 2.45) is 10.8 Å². The number of rotatable bonds is 6. The number of hydrogen-bond acceptors (Lipinski definition) is 4. The molecule has 0 amide bonds. The van der Waals surface area contributed by atoms with Gasteiger partial charge in [0.2, 0.25) is 0 Å². The highest BCUT2D eigenvalue weighted by molar-refractivity contribution is 6.04. The van der Waals surface area contributed by atoms with Gasteiger partial charge in [0.15, 0.2) is 11.6 Å². The van der Waals surface area contributed by atoms with Crippen LogP contribution in [0.1, 0.15) is 59.8 Å². The van der Waals surface area contributed by atoms with E-state index in [2.05, 4.69) is 99.0 Å². The number of anilines is 2. The summed E-state index contributed by atoms with van der Waals surface area (Å²) < 4.78 is 0. The molecule has 6 rings (SSSR count). The Morgan fingerprint density at radius 3 is 1.34 bits per heavy atom. The summed E-state index contributed by atoms with van der Waals surface area (Å²) in [6, 6.07) is 29.2. The summed E-state index contributed by atoms with van der Waals surface area (Å²) in [4.78, 5) is 27.4. The van der Waals surface area contributed by atoms with Gasteiger partial charge in [-0.25, -0.2) is 0 Å². The lowest BCUT2D eigenvalue weighted by molar-refractivity contribution is -0.118. The summed E-state index contributed by atoms with van der Waals surface area (Å²) in [7, 11) is 0. The molecule has 0 unspecified atom stereocenters. The molecule has 208 valence electrons. The molecule has 0 saturated carbocycles. The Labute approximate surface area is 242 Å². The average Bonchev–Trinajstić information content (AvgIpc) is 2.91. The summed E-state index contributed by atoms with van der Waals surface area (Å²) in [6.45, 7) is 8.57. The van der Waals surface area contributed by atoms with Gasteiger partial charge in [-0.3, -0.25) is 9.59 Å². The Kier molecular flexibility index (Phi) is 6.81. The quantitative estimate of drug-likeness (QED) is 0.255. The topological polar surface area (TPSA) is 58.2 Å². The molecule has 0 aliphatic heterocycles. The minimum atomic E-state index is -0.154. The fourth-order valence-electron chi connectivity index (χ4n) is 6.42. The van der Waals surface area contributed by atoms with Gasteiger partial charge >= 0.3 is 0 Å². The van der Waals surface area contributed by atoms with Gasteiger partial charge in [0.05, 0.1) is 0 Å². The van der Waals surface area contributed by atoms with Crippen LogP contribution in [-0.2, 0) is 9.59 Å². The van der Waals surface area contributed by atoms with Gasteiger partial charge in [-0.1, -0.05) is 88.4 Å². The molecule has 0 fully saturated rings.